The van der Waals surface area contributed by atoms with E-state index >= 15 is 0 Å². The second-order valence-electron chi connectivity index (χ2n) is 2.85. The number of fused-ring (bicyclic) bond motifs is 1. The van der Waals surface area contributed by atoms with Crippen LogP contribution in [-0.2, 0) is 6.54 Å². The van der Waals surface area contributed by atoms with Crippen molar-refractivity contribution < 1.29 is 4.39 Å². The highest BCUT2D eigenvalue weighted by Crippen LogP contribution is 2.23. The second kappa shape index (κ2) is 3.12. The quantitative estimate of drug-likeness (QED) is 0.793. The highest BCUT2D eigenvalue weighted by molar-refractivity contribution is 9.10. The predicted molar refractivity (Wildman–Crippen MR) is 53.8 cm³/mol. The third-order valence-corrected chi connectivity index (χ3v) is 2.39. The summed E-state index contributed by atoms with van der Waals surface area (Å²) in [6.45, 7) is 0.395. The van der Waals surface area contributed by atoms with Gasteiger partial charge in [0.25, 0.3) is 0 Å². The fourth-order valence-corrected chi connectivity index (χ4v) is 1.76. The first-order valence-electron chi connectivity index (χ1n) is 3.87. The summed E-state index contributed by atoms with van der Waals surface area (Å²) in [5.41, 5.74) is 7.05. The van der Waals surface area contributed by atoms with Gasteiger partial charge in [-0.1, -0.05) is 15.9 Å². The average molecular weight is 243 g/mol. The molecule has 0 spiro atoms. The van der Waals surface area contributed by atoms with Crippen LogP contribution in [0.15, 0.2) is 22.7 Å². The van der Waals surface area contributed by atoms with E-state index in [0.29, 0.717) is 11.9 Å². The van der Waals surface area contributed by atoms with Crippen LogP contribution in [0.5, 0.6) is 0 Å². The Bertz CT molecular complexity index is 450. The Labute approximate surface area is 83.1 Å². The van der Waals surface area contributed by atoms with Crippen molar-refractivity contribution in [1.82, 2.24) is 4.98 Å². The second-order valence-corrected chi connectivity index (χ2v) is 3.76. The molecule has 0 amide bonds. The molecule has 0 fully saturated rings. The van der Waals surface area contributed by atoms with Gasteiger partial charge in [-0.15, -0.1) is 0 Å². The molecule has 1 heterocycles. The summed E-state index contributed by atoms with van der Waals surface area (Å²) in [5.74, 6) is -0.236. The molecular weight excluding hydrogens is 235 g/mol. The van der Waals surface area contributed by atoms with Crippen LogP contribution in [0.2, 0.25) is 0 Å². The third-order valence-electron chi connectivity index (χ3n) is 1.93. The number of aromatic amines is 1. The lowest BCUT2D eigenvalue weighted by molar-refractivity contribution is 0.639. The van der Waals surface area contributed by atoms with Crippen LogP contribution in [0, 0.1) is 5.82 Å². The zero-order chi connectivity index (χ0) is 9.42. The number of nitrogens with one attached hydrogen (secondary N) is 1. The molecule has 0 saturated heterocycles. The van der Waals surface area contributed by atoms with Gasteiger partial charge in [-0.05, 0) is 18.2 Å². The molecule has 68 valence electrons. The smallest absolute Gasteiger partial charge is 0.133 e. The van der Waals surface area contributed by atoms with Crippen molar-refractivity contribution in [1.29, 1.82) is 0 Å². The van der Waals surface area contributed by atoms with Crippen LogP contribution >= 0.6 is 15.9 Å². The van der Waals surface area contributed by atoms with Gasteiger partial charge in [0.1, 0.15) is 5.82 Å². The number of aromatic nitrogens is 1. The van der Waals surface area contributed by atoms with Gasteiger partial charge < -0.3 is 10.7 Å². The summed E-state index contributed by atoms with van der Waals surface area (Å²) in [6, 6.07) is 5.01. The van der Waals surface area contributed by atoms with Gasteiger partial charge >= 0.3 is 0 Å². The Balaban J connectivity index is 2.75. The first-order valence-corrected chi connectivity index (χ1v) is 4.66. The zero-order valence-corrected chi connectivity index (χ0v) is 8.36. The summed E-state index contributed by atoms with van der Waals surface area (Å²) < 4.78 is 14.0. The fraction of sp³-hybridized carbons (Fsp3) is 0.111. The molecule has 0 aliphatic heterocycles. The molecule has 0 aliphatic rings. The first-order chi connectivity index (χ1) is 6.20. The molecular formula is C9H8BrFN2. The predicted octanol–water partition coefficient (Wildman–Crippen LogP) is 2.53. The molecule has 0 atom stereocenters. The van der Waals surface area contributed by atoms with Gasteiger partial charge in [0.15, 0.2) is 0 Å². The third kappa shape index (κ3) is 1.47. The summed E-state index contributed by atoms with van der Waals surface area (Å²) >= 11 is 3.22. The lowest BCUT2D eigenvalue weighted by Gasteiger charge is -1.93. The lowest BCUT2D eigenvalue weighted by atomic mass is 10.2. The molecule has 2 aromatic rings. The normalized spacial score (nSPS) is 11.0. The summed E-state index contributed by atoms with van der Waals surface area (Å²) in [6.07, 6.45) is 0. The molecule has 3 N–H and O–H groups in total. The molecule has 13 heavy (non-hydrogen) atoms. The SMILES string of the molecule is NCc1cc2c(F)cc(Br)cc2[nH]1. The number of halogens is 2. The average Bonchev–Trinajstić information content (AvgIpc) is 2.47. The van der Waals surface area contributed by atoms with Gasteiger partial charge in [0.2, 0.25) is 0 Å². The van der Waals surface area contributed by atoms with Crippen LogP contribution in [0.25, 0.3) is 10.9 Å². The topological polar surface area (TPSA) is 41.8 Å². The molecule has 0 bridgehead atoms. The van der Waals surface area contributed by atoms with Gasteiger partial charge in [-0.25, -0.2) is 4.39 Å². The molecule has 0 saturated carbocycles. The van der Waals surface area contributed by atoms with Gasteiger partial charge in [0.05, 0.1) is 0 Å². The summed E-state index contributed by atoms with van der Waals surface area (Å²) in [4.78, 5) is 3.03. The highest BCUT2D eigenvalue weighted by Gasteiger charge is 2.05. The van der Waals surface area contributed by atoms with Crippen molar-refractivity contribution in [2.75, 3.05) is 0 Å². The Morgan fingerprint density at radius 2 is 2.15 bits per heavy atom. The number of rotatable bonds is 1. The Kier molecular flexibility index (Phi) is 2.09. The molecule has 0 aliphatic carbocycles. The van der Waals surface area contributed by atoms with Crippen LogP contribution < -0.4 is 5.73 Å². The summed E-state index contributed by atoms with van der Waals surface area (Å²) in [7, 11) is 0. The molecule has 2 nitrogen and oxygen atoms in total. The van der Waals surface area contributed by atoms with E-state index in [1.165, 1.54) is 6.07 Å². The Morgan fingerprint density at radius 1 is 1.38 bits per heavy atom. The number of H-pyrrole nitrogens is 1. The van der Waals surface area contributed by atoms with E-state index < -0.39 is 0 Å². The monoisotopic (exact) mass is 242 g/mol. The van der Waals surface area contributed by atoms with Crippen molar-refractivity contribution in [3.8, 4) is 0 Å². The van der Waals surface area contributed by atoms with E-state index in [0.717, 1.165) is 15.7 Å². The van der Waals surface area contributed by atoms with Crippen LogP contribution in [0.3, 0.4) is 0 Å². The van der Waals surface area contributed by atoms with Crippen molar-refractivity contribution in [3.05, 3.63) is 34.2 Å². The van der Waals surface area contributed by atoms with Gasteiger partial charge in [-0.2, -0.15) is 0 Å². The Morgan fingerprint density at radius 3 is 2.85 bits per heavy atom. The fourth-order valence-electron chi connectivity index (χ4n) is 1.33. The first kappa shape index (κ1) is 8.72. The standard InChI is InChI=1S/C9H8BrFN2/c10-5-1-8(11)7-3-6(4-12)13-9(7)2-5/h1-3,13H,4,12H2. The largest absolute Gasteiger partial charge is 0.357 e. The minimum atomic E-state index is -0.236. The molecule has 0 radical (unpaired) electrons. The maximum atomic E-state index is 13.3. The molecule has 2 rings (SSSR count). The molecule has 0 unspecified atom stereocenters. The zero-order valence-electron chi connectivity index (χ0n) is 6.77. The van der Waals surface area contributed by atoms with Crippen molar-refractivity contribution in [2.45, 2.75) is 6.54 Å². The van der Waals surface area contributed by atoms with E-state index in [9.17, 15) is 4.39 Å². The lowest BCUT2D eigenvalue weighted by Crippen LogP contribution is -1.94. The van der Waals surface area contributed by atoms with E-state index in [-0.39, 0.29) is 5.82 Å². The molecule has 1 aromatic heterocycles. The van der Waals surface area contributed by atoms with E-state index in [4.69, 9.17) is 5.73 Å². The van der Waals surface area contributed by atoms with Crippen LogP contribution in [-0.4, -0.2) is 4.98 Å². The number of hydrogen-bond donors (Lipinski definition) is 2. The number of nitrogens with two attached hydrogens (primary N) is 1. The highest BCUT2D eigenvalue weighted by atomic mass is 79.9. The van der Waals surface area contributed by atoms with Crippen molar-refractivity contribution >= 4 is 26.8 Å². The summed E-state index contributed by atoms with van der Waals surface area (Å²) in [5, 5.41) is 0.587. The van der Waals surface area contributed by atoms with Crippen LogP contribution in [0.4, 0.5) is 4.39 Å². The van der Waals surface area contributed by atoms with E-state index in [2.05, 4.69) is 20.9 Å². The molecule has 4 heteroatoms. The van der Waals surface area contributed by atoms with E-state index in [1.807, 2.05) is 6.07 Å². The van der Waals surface area contributed by atoms with Crippen LogP contribution in [0.1, 0.15) is 5.69 Å². The van der Waals surface area contributed by atoms with Crippen molar-refractivity contribution in [2.24, 2.45) is 5.73 Å². The Hall–Kier alpha value is -0.870. The maximum Gasteiger partial charge on any atom is 0.133 e. The maximum absolute atomic E-state index is 13.3. The van der Waals surface area contributed by atoms with Gasteiger partial charge in [-0.3, -0.25) is 0 Å². The minimum Gasteiger partial charge on any atom is -0.357 e. The minimum absolute atomic E-state index is 0.236. The number of benzene rings is 1. The van der Waals surface area contributed by atoms with E-state index in [1.54, 1.807) is 6.07 Å². The van der Waals surface area contributed by atoms with Gasteiger partial charge in [0, 0.05) is 27.6 Å². The number of hydrogen-bond acceptors (Lipinski definition) is 1. The van der Waals surface area contributed by atoms with Crippen molar-refractivity contribution in [3.63, 3.8) is 0 Å². The molecule has 1 aromatic carbocycles.